The summed E-state index contributed by atoms with van der Waals surface area (Å²) >= 11 is 12.4. The molecule has 0 bridgehead atoms. The molecule has 0 heterocycles. The molecule has 0 spiro atoms. The standard InChI is InChI=1S/C38H50Cl2F3NO5Si/c1-35(2,3)48-34(45)25-24-33(37(46-6,38(41,42)43)49-50(7,8)9)47-32-22-12-27(13-23-32)11-10-26-44(5)36(4,28-14-18-30(39)19-15-28)29-16-20-31(40)21-17-29/h12-23,33H,10-11,24-26H2,1-9H3. The lowest BCUT2D eigenvalue weighted by Crippen LogP contribution is -2.63. The van der Waals surface area contributed by atoms with E-state index < -0.39 is 43.5 Å². The SMILES string of the molecule is COC(O[Si](C)(C)C)(C(CCC(=O)OC(C)(C)C)Oc1ccc(CCCN(C)C(C)(c2ccc(Cl)cc2)c2ccc(Cl)cc2)cc1)C(F)(F)F. The van der Waals surface area contributed by atoms with Crippen molar-refractivity contribution in [1.29, 1.82) is 0 Å². The quantitative estimate of drug-likeness (QED) is 0.0824. The molecular weight excluding hydrogens is 706 g/mol. The van der Waals surface area contributed by atoms with E-state index in [4.69, 9.17) is 41.8 Å². The molecule has 0 aliphatic carbocycles. The van der Waals surface area contributed by atoms with Crippen LogP contribution in [0.4, 0.5) is 13.2 Å². The zero-order chi connectivity index (χ0) is 37.5. The number of ether oxygens (including phenoxy) is 3. The van der Waals surface area contributed by atoms with Crippen LogP contribution in [0.25, 0.3) is 0 Å². The number of aryl methyl sites for hydroxylation is 1. The second-order valence-corrected chi connectivity index (χ2v) is 19.9. The van der Waals surface area contributed by atoms with E-state index in [9.17, 15) is 18.0 Å². The monoisotopic (exact) mass is 755 g/mol. The Morgan fingerprint density at radius 1 is 0.840 bits per heavy atom. The average Bonchev–Trinajstić information content (AvgIpc) is 3.01. The third-order valence-electron chi connectivity index (χ3n) is 8.35. The Hall–Kier alpha value is -2.60. The molecule has 3 aromatic rings. The van der Waals surface area contributed by atoms with E-state index in [1.165, 1.54) is 0 Å². The van der Waals surface area contributed by atoms with Crippen molar-refractivity contribution < 1.29 is 36.6 Å². The third-order valence-corrected chi connectivity index (χ3v) is 9.77. The summed E-state index contributed by atoms with van der Waals surface area (Å²) in [6, 6.07) is 22.6. The maximum Gasteiger partial charge on any atom is 0.446 e. The topological polar surface area (TPSA) is 57.2 Å². The minimum Gasteiger partial charge on any atom is -0.484 e. The second kappa shape index (κ2) is 16.8. The van der Waals surface area contributed by atoms with Crippen molar-refractivity contribution in [3.63, 3.8) is 0 Å². The van der Waals surface area contributed by atoms with Crippen LogP contribution in [0.5, 0.6) is 5.75 Å². The highest BCUT2D eigenvalue weighted by atomic mass is 35.5. The van der Waals surface area contributed by atoms with Gasteiger partial charge in [0.25, 0.3) is 5.79 Å². The largest absolute Gasteiger partial charge is 0.484 e. The summed E-state index contributed by atoms with van der Waals surface area (Å²) in [5, 5.41) is 1.32. The first-order valence-electron chi connectivity index (χ1n) is 16.6. The van der Waals surface area contributed by atoms with Crippen LogP contribution in [-0.4, -0.2) is 63.6 Å². The number of halogens is 5. The highest BCUT2D eigenvalue weighted by Gasteiger charge is 2.64. The smallest absolute Gasteiger partial charge is 0.446 e. The van der Waals surface area contributed by atoms with Crippen molar-refractivity contribution in [1.82, 2.24) is 4.90 Å². The summed E-state index contributed by atoms with van der Waals surface area (Å²) in [6.07, 6.45) is -5.80. The Morgan fingerprint density at radius 2 is 1.34 bits per heavy atom. The molecule has 0 aromatic heterocycles. The van der Waals surface area contributed by atoms with Crippen molar-refractivity contribution in [3.05, 3.63) is 99.5 Å². The van der Waals surface area contributed by atoms with Crippen LogP contribution in [0.3, 0.4) is 0 Å². The van der Waals surface area contributed by atoms with Gasteiger partial charge in [-0.25, -0.2) is 0 Å². The number of nitrogens with zero attached hydrogens (tertiary/aromatic N) is 1. The summed E-state index contributed by atoms with van der Waals surface area (Å²) < 4.78 is 66.7. The summed E-state index contributed by atoms with van der Waals surface area (Å²) in [6.45, 7) is 12.9. The minimum absolute atomic E-state index is 0.197. The fourth-order valence-electron chi connectivity index (χ4n) is 5.82. The predicted octanol–water partition coefficient (Wildman–Crippen LogP) is 10.4. The van der Waals surface area contributed by atoms with Crippen LogP contribution in [0.1, 0.15) is 63.6 Å². The summed E-state index contributed by atoms with van der Waals surface area (Å²) in [5.74, 6) is -3.54. The Morgan fingerprint density at radius 3 is 1.76 bits per heavy atom. The number of alkyl halides is 3. The van der Waals surface area contributed by atoms with Crippen LogP contribution < -0.4 is 4.74 Å². The van der Waals surface area contributed by atoms with Crippen LogP contribution in [0.2, 0.25) is 29.7 Å². The minimum atomic E-state index is -4.96. The Labute approximate surface area is 306 Å². The fraction of sp³-hybridized carbons (Fsp3) is 0.500. The Kier molecular flexibility index (Phi) is 14.1. The molecule has 0 N–H and O–H groups in total. The number of hydrogen-bond acceptors (Lipinski definition) is 6. The number of esters is 1. The van der Waals surface area contributed by atoms with E-state index in [0.29, 0.717) is 16.5 Å². The van der Waals surface area contributed by atoms with Crippen LogP contribution in [0.15, 0.2) is 72.8 Å². The molecule has 0 radical (unpaired) electrons. The van der Waals surface area contributed by atoms with Crippen LogP contribution in [-0.2, 0) is 30.7 Å². The van der Waals surface area contributed by atoms with Gasteiger partial charge in [-0.3, -0.25) is 9.69 Å². The lowest BCUT2D eigenvalue weighted by Gasteiger charge is -2.43. The van der Waals surface area contributed by atoms with Crippen LogP contribution in [0, 0.1) is 0 Å². The van der Waals surface area contributed by atoms with E-state index in [1.54, 1.807) is 52.5 Å². The zero-order valence-electron chi connectivity index (χ0n) is 30.4. The number of methoxy groups -OCH3 is 1. The molecule has 3 aromatic carbocycles. The van der Waals surface area contributed by atoms with Crippen molar-refractivity contribution in [2.24, 2.45) is 0 Å². The van der Waals surface area contributed by atoms with Gasteiger partial charge in [-0.05, 0) is 127 Å². The van der Waals surface area contributed by atoms with Gasteiger partial charge in [0, 0.05) is 30.0 Å². The van der Waals surface area contributed by atoms with Gasteiger partial charge in [-0.15, -0.1) is 0 Å². The molecule has 2 atom stereocenters. The average molecular weight is 757 g/mol. The molecule has 276 valence electrons. The molecule has 50 heavy (non-hydrogen) atoms. The van der Waals surface area contributed by atoms with Gasteiger partial charge in [0.2, 0.25) is 0 Å². The van der Waals surface area contributed by atoms with E-state index >= 15 is 0 Å². The molecule has 0 saturated heterocycles. The number of rotatable bonds is 16. The van der Waals surface area contributed by atoms with Crippen LogP contribution >= 0.6 is 23.2 Å². The van der Waals surface area contributed by atoms with Gasteiger partial charge in [-0.2, -0.15) is 13.2 Å². The molecular formula is C38H50Cl2F3NO5Si. The van der Waals surface area contributed by atoms with Gasteiger partial charge < -0.3 is 18.6 Å². The highest BCUT2D eigenvalue weighted by molar-refractivity contribution is 6.69. The van der Waals surface area contributed by atoms with Crippen molar-refractivity contribution in [2.75, 3.05) is 20.7 Å². The molecule has 12 heteroatoms. The van der Waals surface area contributed by atoms with Crippen molar-refractivity contribution in [3.8, 4) is 5.75 Å². The maximum atomic E-state index is 14.8. The van der Waals surface area contributed by atoms with Gasteiger partial charge >= 0.3 is 12.1 Å². The normalized spacial score (nSPS) is 14.7. The molecule has 0 saturated carbocycles. The highest BCUT2D eigenvalue weighted by Crippen LogP contribution is 2.43. The van der Waals surface area contributed by atoms with Gasteiger partial charge in [0.15, 0.2) is 14.4 Å². The van der Waals surface area contributed by atoms with Gasteiger partial charge in [0.1, 0.15) is 11.4 Å². The molecule has 0 aliphatic rings. The molecule has 6 nitrogen and oxygen atoms in total. The lowest BCUT2D eigenvalue weighted by molar-refractivity contribution is -0.374. The third kappa shape index (κ3) is 11.2. The summed E-state index contributed by atoms with van der Waals surface area (Å²) in [7, 11) is 0.169. The predicted molar refractivity (Wildman–Crippen MR) is 196 cm³/mol. The van der Waals surface area contributed by atoms with E-state index in [1.807, 2.05) is 60.7 Å². The molecule has 0 aliphatic heterocycles. The number of hydrogen-bond donors (Lipinski definition) is 0. The first kappa shape index (κ1) is 41.8. The Balaban J connectivity index is 1.79. The van der Waals surface area contributed by atoms with E-state index in [0.717, 1.165) is 36.8 Å². The Bertz CT molecular complexity index is 1480. The van der Waals surface area contributed by atoms with Gasteiger partial charge in [-0.1, -0.05) is 59.6 Å². The summed E-state index contributed by atoms with van der Waals surface area (Å²) in [4.78, 5) is 14.8. The van der Waals surface area contributed by atoms with Gasteiger partial charge in [0.05, 0.1) is 5.54 Å². The van der Waals surface area contributed by atoms with E-state index in [-0.39, 0.29) is 18.6 Å². The van der Waals surface area contributed by atoms with Crippen molar-refractivity contribution >= 4 is 37.5 Å². The molecule has 0 fully saturated rings. The lowest BCUT2D eigenvalue weighted by atomic mass is 9.83. The number of carbonyl (C=O) groups excluding carboxylic acids is 1. The van der Waals surface area contributed by atoms with E-state index in [2.05, 4.69) is 18.9 Å². The number of carbonyl (C=O) groups is 1. The first-order valence-corrected chi connectivity index (χ1v) is 20.8. The second-order valence-electron chi connectivity index (χ2n) is 14.6. The van der Waals surface area contributed by atoms with Crippen molar-refractivity contribution in [2.45, 2.75) is 102 Å². The zero-order valence-corrected chi connectivity index (χ0v) is 32.9. The number of benzene rings is 3. The first-order chi connectivity index (χ1) is 23.1. The fourth-order valence-corrected chi connectivity index (χ4v) is 7.31. The summed E-state index contributed by atoms with van der Waals surface area (Å²) in [5.41, 5.74) is 1.89. The molecule has 2 unspecified atom stereocenters. The molecule has 0 amide bonds. The maximum absolute atomic E-state index is 14.8. The molecule has 3 rings (SSSR count).